The van der Waals surface area contributed by atoms with Crippen molar-refractivity contribution in [3.05, 3.63) is 78.4 Å². The lowest BCUT2D eigenvalue weighted by molar-refractivity contribution is 0.588. The van der Waals surface area contributed by atoms with Gasteiger partial charge < -0.3 is 5.43 Å². The van der Waals surface area contributed by atoms with Crippen molar-refractivity contribution in [1.82, 2.24) is 9.82 Å². The monoisotopic (exact) mass is 363 g/mol. The smallest absolute Gasteiger partial charge is 0.257 e. The van der Waals surface area contributed by atoms with Gasteiger partial charge in [0.1, 0.15) is 0 Å². The van der Waals surface area contributed by atoms with Gasteiger partial charge in [0, 0.05) is 10.8 Å². The number of nitrogens with zero attached hydrogens (tertiary/aromatic N) is 1. The second-order valence-corrected chi connectivity index (χ2v) is 7.75. The molecule has 0 amide bonds. The second kappa shape index (κ2) is 6.40. The van der Waals surface area contributed by atoms with E-state index in [0.717, 1.165) is 27.4 Å². The Labute approximate surface area is 151 Å². The number of para-hydroxylation sites is 2. The fourth-order valence-corrected chi connectivity index (χ4v) is 3.72. The van der Waals surface area contributed by atoms with Gasteiger partial charge in [0.25, 0.3) is 10.0 Å². The number of fused-ring (bicyclic) bond motifs is 2. The topological polar surface area (TPSA) is 71.1 Å². The quantitative estimate of drug-likeness (QED) is 0.425. The van der Waals surface area contributed by atoms with Crippen LogP contribution < -0.4 is 10.3 Å². The average molecular weight is 363 g/mol. The van der Waals surface area contributed by atoms with Crippen LogP contribution in [0.2, 0.25) is 0 Å². The molecule has 2 N–H and O–H groups in total. The first-order valence-corrected chi connectivity index (χ1v) is 9.65. The minimum Gasteiger partial charge on any atom is -0.306 e. The molecule has 4 rings (SSSR count). The summed E-state index contributed by atoms with van der Waals surface area (Å²) in [6, 6.07) is 22.0. The molecule has 0 bridgehead atoms. The molecule has 0 unspecified atom stereocenters. The Morgan fingerprint density at radius 2 is 1.31 bits per heavy atom. The summed E-state index contributed by atoms with van der Waals surface area (Å²) in [5.74, 6) is 0. The van der Waals surface area contributed by atoms with Crippen LogP contribution in [0.1, 0.15) is 5.56 Å². The number of pyridine rings is 1. The zero-order valence-electron chi connectivity index (χ0n) is 14.1. The standard InChI is InChI=1S/C20H17N3O2S/c1-14-10-12-15(13-11-14)26(24,25)23-22-20-16-6-2-4-8-18(16)21-19-9-5-3-7-17(19)20/h2-13,23H,1H3,(H,21,22). The number of rotatable bonds is 4. The number of sulfonamides is 1. The van der Waals surface area contributed by atoms with E-state index in [1.165, 1.54) is 0 Å². The summed E-state index contributed by atoms with van der Waals surface area (Å²) >= 11 is 0. The predicted octanol–water partition coefficient (Wildman–Crippen LogP) is 4.00. The molecule has 0 radical (unpaired) electrons. The zero-order chi connectivity index (χ0) is 18.1. The average Bonchev–Trinajstić information content (AvgIpc) is 2.65. The van der Waals surface area contributed by atoms with E-state index in [-0.39, 0.29) is 4.90 Å². The molecule has 0 fully saturated rings. The third-order valence-corrected chi connectivity index (χ3v) is 5.49. The van der Waals surface area contributed by atoms with Gasteiger partial charge in [0.2, 0.25) is 0 Å². The lowest BCUT2D eigenvalue weighted by atomic mass is 10.1. The van der Waals surface area contributed by atoms with Crippen LogP contribution in [0.4, 0.5) is 5.69 Å². The first kappa shape index (κ1) is 16.5. The summed E-state index contributed by atoms with van der Waals surface area (Å²) in [4.78, 5) is 7.33. The summed E-state index contributed by atoms with van der Waals surface area (Å²) in [5, 5.41) is 1.69. The Balaban J connectivity index is 1.77. The zero-order valence-corrected chi connectivity index (χ0v) is 14.9. The molecule has 0 saturated carbocycles. The molecule has 0 saturated heterocycles. The summed E-state index contributed by atoms with van der Waals surface area (Å²) in [6.45, 7) is 1.91. The maximum Gasteiger partial charge on any atom is 0.257 e. The molecular formula is C20H17N3O2S. The van der Waals surface area contributed by atoms with Gasteiger partial charge in [-0.25, -0.2) is 13.4 Å². The van der Waals surface area contributed by atoms with E-state index in [2.05, 4.69) is 15.2 Å². The molecule has 130 valence electrons. The van der Waals surface area contributed by atoms with Crippen molar-refractivity contribution in [3.63, 3.8) is 0 Å². The number of nitrogens with one attached hydrogen (secondary N) is 2. The number of anilines is 1. The lowest BCUT2D eigenvalue weighted by Gasteiger charge is -2.14. The minimum atomic E-state index is -3.69. The van der Waals surface area contributed by atoms with Crippen molar-refractivity contribution in [2.75, 3.05) is 5.43 Å². The van der Waals surface area contributed by atoms with Crippen molar-refractivity contribution in [2.24, 2.45) is 0 Å². The molecule has 26 heavy (non-hydrogen) atoms. The Morgan fingerprint density at radius 3 is 1.88 bits per heavy atom. The van der Waals surface area contributed by atoms with E-state index in [4.69, 9.17) is 0 Å². The van der Waals surface area contributed by atoms with Crippen molar-refractivity contribution >= 4 is 37.5 Å². The number of hydrogen-bond donors (Lipinski definition) is 2. The van der Waals surface area contributed by atoms with Crippen molar-refractivity contribution in [1.29, 1.82) is 0 Å². The van der Waals surface area contributed by atoms with Crippen LogP contribution in [0.25, 0.3) is 21.8 Å². The largest absolute Gasteiger partial charge is 0.306 e. The fourth-order valence-electron chi connectivity index (χ4n) is 2.87. The molecule has 4 aromatic rings. The first-order valence-electron chi connectivity index (χ1n) is 8.16. The molecule has 1 aromatic heterocycles. The molecule has 0 atom stereocenters. The third-order valence-electron chi connectivity index (χ3n) is 4.23. The van der Waals surface area contributed by atoms with Gasteiger partial charge in [-0.3, -0.25) is 0 Å². The second-order valence-electron chi connectivity index (χ2n) is 6.06. The van der Waals surface area contributed by atoms with Crippen LogP contribution in [0, 0.1) is 6.92 Å². The van der Waals surface area contributed by atoms with Crippen LogP contribution in [0.3, 0.4) is 0 Å². The van der Waals surface area contributed by atoms with E-state index in [1.807, 2.05) is 55.5 Å². The maximum absolute atomic E-state index is 12.6. The normalized spacial score (nSPS) is 11.7. The molecule has 6 heteroatoms. The first-order chi connectivity index (χ1) is 12.5. The van der Waals surface area contributed by atoms with E-state index >= 15 is 0 Å². The maximum atomic E-state index is 12.6. The van der Waals surface area contributed by atoms with Crippen LogP contribution >= 0.6 is 0 Å². The highest BCUT2D eigenvalue weighted by Crippen LogP contribution is 2.30. The molecule has 0 spiro atoms. The number of benzene rings is 3. The minimum absolute atomic E-state index is 0.207. The highest BCUT2D eigenvalue weighted by atomic mass is 32.2. The van der Waals surface area contributed by atoms with Crippen molar-refractivity contribution < 1.29 is 8.42 Å². The van der Waals surface area contributed by atoms with E-state index in [1.54, 1.807) is 24.3 Å². The number of hydrazine groups is 1. The summed E-state index contributed by atoms with van der Waals surface area (Å²) in [6.07, 6.45) is 0. The van der Waals surface area contributed by atoms with Gasteiger partial charge in [-0.1, -0.05) is 54.1 Å². The van der Waals surface area contributed by atoms with Crippen molar-refractivity contribution in [2.45, 2.75) is 11.8 Å². The van der Waals surface area contributed by atoms with Crippen LogP contribution in [0.5, 0.6) is 0 Å². The third kappa shape index (κ3) is 3.00. The highest BCUT2D eigenvalue weighted by molar-refractivity contribution is 7.89. The fraction of sp³-hybridized carbons (Fsp3) is 0.0500. The molecule has 0 aliphatic rings. The molecule has 0 aliphatic heterocycles. The van der Waals surface area contributed by atoms with E-state index < -0.39 is 10.0 Å². The van der Waals surface area contributed by atoms with Crippen LogP contribution in [-0.2, 0) is 10.0 Å². The van der Waals surface area contributed by atoms with Crippen LogP contribution in [0.15, 0.2) is 77.7 Å². The van der Waals surface area contributed by atoms with Gasteiger partial charge in [0.15, 0.2) is 0 Å². The molecule has 3 aromatic carbocycles. The molecular weight excluding hydrogens is 346 g/mol. The van der Waals surface area contributed by atoms with E-state index in [0.29, 0.717) is 5.69 Å². The summed E-state index contributed by atoms with van der Waals surface area (Å²) in [5.41, 5.74) is 6.18. The van der Waals surface area contributed by atoms with Gasteiger partial charge in [-0.05, 0) is 31.2 Å². The Bertz CT molecular complexity index is 1150. The van der Waals surface area contributed by atoms with E-state index in [9.17, 15) is 8.42 Å². The Hall–Kier alpha value is -2.96. The number of hydrogen-bond acceptors (Lipinski definition) is 4. The lowest BCUT2D eigenvalue weighted by Crippen LogP contribution is -2.29. The van der Waals surface area contributed by atoms with Gasteiger partial charge in [-0.15, -0.1) is 4.83 Å². The van der Waals surface area contributed by atoms with Gasteiger partial charge in [-0.2, -0.15) is 0 Å². The summed E-state index contributed by atoms with van der Waals surface area (Å²) in [7, 11) is -3.69. The van der Waals surface area contributed by atoms with Gasteiger partial charge >= 0.3 is 0 Å². The molecule has 0 aliphatic carbocycles. The van der Waals surface area contributed by atoms with Crippen LogP contribution in [-0.4, -0.2) is 13.4 Å². The van der Waals surface area contributed by atoms with Crippen molar-refractivity contribution in [3.8, 4) is 0 Å². The highest BCUT2D eigenvalue weighted by Gasteiger charge is 2.15. The molecule has 1 heterocycles. The molecule has 5 nitrogen and oxygen atoms in total. The number of aryl methyl sites for hydroxylation is 1. The predicted molar refractivity (Wildman–Crippen MR) is 104 cm³/mol. The summed E-state index contributed by atoms with van der Waals surface area (Å²) < 4.78 is 25.2. The Morgan fingerprint density at radius 1 is 0.769 bits per heavy atom. The van der Waals surface area contributed by atoms with Gasteiger partial charge in [0.05, 0.1) is 21.6 Å². The SMILES string of the molecule is Cc1ccc(S(=O)(=O)NNc2c3ccccc3nc3ccccc23)cc1. The Kier molecular flexibility index (Phi) is 4.06. The number of aromatic nitrogens is 1.